The standard InChI is InChI=1S/C37H75O7P/c1-3-5-7-9-11-13-15-17-18-19-21-23-25-27-29-31-33-42-34-36(35-43-45(39,40)41)44-37(38)32-30-28-26-24-22-20-16-14-12-10-8-6-4-2/h36H,3-35H2,1-2H3,(H2,39,40,41)/i34+2,35+2,36+2. The Morgan fingerprint density at radius 2 is 0.867 bits per heavy atom. The van der Waals surface area contributed by atoms with Gasteiger partial charge in [0.05, 0.1) is 13.2 Å². The first-order valence-electron chi connectivity index (χ1n) is 19.4. The van der Waals surface area contributed by atoms with Crippen LogP contribution in [-0.4, -0.2) is 41.7 Å². The number of ether oxygens (including phenoxy) is 2. The second kappa shape index (κ2) is 34.9. The fraction of sp³-hybridized carbons (Fsp3) is 0.973. The van der Waals surface area contributed by atoms with Crippen molar-refractivity contribution < 1.29 is 33.1 Å². The minimum Gasteiger partial charge on any atom is -0.457 e. The predicted octanol–water partition coefficient (Wildman–Crippen LogP) is 11.8. The van der Waals surface area contributed by atoms with Gasteiger partial charge in [-0.1, -0.05) is 187 Å². The van der Waals surface area contributed by atoms with Gasteiger partial charge in [0.15, 0.2) is 0 Å². The van der Waals surface area contributed by atoms with Crippen LogP contribution < -0.4 is 0 Å². The maximum absolute atomic E-state index is 12.3. The van der Waals surface area contributed by atoms with Gasteiger partial charge in [0.25, 0.3) is 0 Å². The molecule has 45 heavy (non-hydrogen) atoms. The lowest BCUT2D eigenvalue weighted by atomic mass is 10.0. The van der Waals surface area contributed by atoms with Gasteiger partial charge in [-0.2, -0.15) is 0 Å². The van der Waals surface area contributed by atoms with Gasteiger partial charge in [-0.3, -0.25) is 9.32 Å². The largest absolute Gasteiger partial charge is 0.469 e. The Morgan fingerprint density at radius 1 is 0.533 bits per heavy atom. The first-order valence-corrected chi connectivity index (χ1v) is 20.9. The van der Waals surface area contributed by atoms with Crippen molar-refractivity contribution in [2.24, 2.45) is 0 Å². The Bertz CT molecular complexity index is 655. The number of carbonyl (C=O) groups is 1. The molecule has 0 rings (SSSR count). The second-order valence-electron chi connectivity index (χ2n) is 13.3. The molecule has 0 aromatic rings. The highest BCUT2D eigenvalue weighted by Crippen LogP contribution is 2.36. The number of unbranched alkanes of at least 4 members (excludes halogenated alkanes) is 27. The van der Waals surface area contributed by atoms with Gasteiger partial charge < -0.3 is 19.3 Å². The lowest BCUT2D eigenvalue weighted by molar-refractivity contribution is -0.154. The van der Waals surface area contributed by atoms with E-state index in [1.54, 1.807) is 0 Å². The highest BCUT2D eigenvalue weighted by molar-refractivity contribution is 7.46. The molecule has 0 aromatic carbocycles. The molecule has 0 aromatic heterocycles. The number of carbonyl (C=O) groups excluding carboxylic acids is 1. The van der Waals surface area contributed by atoms with Gasteiger partial charge in [-0.25, -0.2) is 4.57 Å². The van der Waals surface area contributed by atoms with Crippen LogP contribution in [-0.2, 0) is 23.4 Å². The van der Waals surface area contributed by atoms with E-state index in [2.05, 4.69) is 18.4 Å². The van der Waals surface area contributed by atoms with Crippen molar-refractivity contribution in [2.75, 3.05) is 19.8 Å². The Hall–Kier alpha value is -0.460. The van der Waals surface area contributed by atoms with Gasteiger partial charge in [-0.05, 0) is 12.8 Å². The van der Waals surface area contributed by atoms with Crippen molar-refractivity contribution in [3.63, 3.8) is 0 Å². The molecule has 7 nitrogen and oxygen atoms in total. The van der Waals surface area contributed by atoms with Crippen LogP contribution in [0.3, 0.4) is 0 Å². The minimum absolute atomic E-state index is 0.0864. The van der Waals surface area contributed by atoms with Gasteiger partial charge in [-0.15, -0.1) is 0 Å². The van der Waals surface area contributed by atoms with E-state index in [9.17, 15) is 9.36 Å². The summed E-state index contributed by atoms with van der Waals surface area (Å²) < 4.78 is 26.9. The maximum atomic E-state index is 12.3. The van der Waals surface area contributed by atoms with Crippen LogP contribution in [0.5, 0.6) is 0 Å². The zero-order valence-corrected chi connectivity index (χ0v) is 30.7. The molecule has 0 spiro atoms. The third kappa shape index (κ3) is 37.9. The van der Waals surface area contributed by atoms with Crippen LogP contribution in [0, 0.1) is 0 Å². The summed E-state index contributed by atoms with van der Waals surface area (Å²) in [5, 5.41) is 0. The van der Waals surface area contributed by atoms with Crippen molar-refractivity contribution in [2.45, 2.75) is 213 Å². The third-order valence-electron chi connectivity index (χ3n) is 8.66. The van der Waals surface area contributed by atoms with Crippen molar-refractivity contribution in [3.8, 4) is 0 Å². The number of hydrogen-bond donors (Lipinski definition) is 2. The monoisotopic (exact) mass is 669 g/mol. The van der Waals surface area contributed by atoms with Crippen LogP contribution >= 0.6 is 7.82 Å². The molecule has 8 heteroatoms. The number of phosphoric ester groups is 1. The molecule has 0 bridgehead atoms. The lowest BCUT2D eigenvalue weighted by Gasteiger charge is -2.18. The lowest BCUT2D eigenvalue weighted by Crippen LogP contribution is -2.28. The predicted molar refractivity (Wildman–Crippen MR) is 189 cm³/mol. The van der Waals surface area contributed by atoms with Crippen LogP contribution in [0.15, 0.2) is 0 Å². The Morgan fingerprint density at radius 3 is 1.22 bits per heavy atom. The highest BCUT2D eigenvalue weighted by Gasteiger charge is 2.21. The zero-order chi connectivity index (χ0) is 33.1. The van der Waals surface area contributed by atoms with E-state index in [1.807, 2.05) is 0 Å². The molecule has 270 valence electrons. The fourth-order valence-corrected chi connectivity index (χ4v) is 6.16. The van der Waals surface area contributed by atoms with Crippen LogP contribution in [0.1, 0.15) is 206 Å². The molecule has 0 aliphatic carbocycles. The van der Waals surface area contributed by atoms with E-state index in [-0.39, 0.29) is 19.2 Å². The molecule has 0 saturated carbocycles. The first-order chi connectivity index (χ1) is 21.9. The van der Waals surface area contributed by atoms with Crippen LogP contribution in [0.4, 0.5) is 0 Å². The molecular weight excluding hydrogens is 593 g/mol. The number of rotatable bonds is 37. The van der Waals surface area contributed by atoms with Crippen LogP contribution in [0.25, 0.3) is 0 Å². The maximum Gasteiger partial charge on any atom is 0.469 e. The van der Waals surface area contributed by atoms with Crippen molar-refractivity contribution in [1.29, 1.82) is 0 Å². The summed E-state index contributed by atoms with van der Waals surface area (Å²) in [6.07, 6.45) is 36.6. The highest BCUT2D eigenvalue weighted by atomic mass is 31.2. The van der Waals surface area contributed by atoms with E-state index in [4.69, 9.17) is 19.3 Å². The summed E-state index contributed by atoms with van der Waals surface area (Å²) in [6.45, 7) is 4.79. The average molecular weight is 669 g/mol. The zero-order valence-electron chi connectivity index (χ0n) is 29.8. The fourth-order valence-electron chi connectivity index (χ4n) is 5.80. The molecule has 2 N–H and O–H groups in total. The first kappa shape index (κ1) is 44.5. The Balaban J connectivity index is 3.76. The van der Waals surface area contributed by atoms with Gasteiger partial charge >= 0.3 is 13.8 Å². The molecule has 0 amide bonds. The Kier molecular flexibility index (Phi) is 34.5. The molecule has 0 radical (unpaired) electrons. The number of esters is 1. The Labute approximate surface area is 279 Å². The van der Waals surface area contributed by atoms with Crippen molar-refractivity contribution in [1.82, 2.24) is 0 Å². The number of hydrogen-bond acceptors (Lipinski definition) is 5. The topological polar surface area (TPSA) is 102 Å². The normalized spacial score (nSPS) is 12.5. The third-order valence-corrected chi connectivity index (χ3v) is 9.14. The molecular formula is C37H75O7P. The number of phosphoric acid groups is 1. The molecule has 1 unspecified atom stereocenters. The van der Waals surface area contributed by atoms with E-state index in [0.29, 0.717) is 13.0 Å². The van der Waals surface area contributed by atoms with E-state index >= 15 is 0 Å². The summed E-state index contributed by atoms with van der Waals surface area (Å²) in [5.41, 5.74) is 0. The van der Waals surface area contributed by atoms with Crippen molar-refractivity contribution in [3.05, 3.63) is 0 Å². The molecule has 1 atom stereocenters. The van der Waals surface area contributed by atoms with E-state index in [1.165, 1.54) is 154 Å². The summed E-state index contributed by atoms with van der Waals surface area (Å²) in [7, 11) is -4.64. The quantitative estimate of drug-likeness (QED) is 0.0386. The van der Waals surface area contributed by atoms with Gasteiger partial charge in [0.1, 0.15) is 6.10 Å². The van der Waals surface area contributed by atoms with Gasteiger partial charge in [0, 0.05) is 13.0 Å². The summed E-state index contributed by atoms with van der Waals surface area (Å²) in [5.74, 6) is -0.358. The molecule has 0 aliphatic rings. The average Bonchev–Trinajstić information content (AvgIpc) is 3.01. The van der Waals surface area contributed by atoms with Crippen LogP contribution in [0.2, 0.25) is 0 Å². The summed E-state index contributed by atoms with van der Waals surface area (Å²) in [4.78, 5) is 30.5. The van der Waals surface area contributed by atoms with Crippen molar-refractivity contribution >= 4 is 13.8 Å². The molecule has 0 fully saturated rings. The minimum atomic E-state index is -4.64. The molecule has 0 saturated heterocycles. The van der Waals surface area contributed by atoms with E-state index < -0.39 is 13.9 Å². The van der Waals surface area contributed by atoms with Gasteiger partial charge in [0.2, 0.25) is 0 Å². The smallest absolute Gasteiger partial charge is 0.457 e. The SMILES string of the molecule is CCCCCCCCCCCCCCCCCCO[14CH2][14CH]([14CH2]OP(=O)(O)O)OC(=O)CCCCCCCCCCCCCCC. The molecule has 0 aliphatic heterocycles. The molecule has 0 heterocycles. The summed E-state index contributed by atoms with van der Waals surface area (Å²) >= 11 is 0. The summed E-state index contributed by atoms with van der Waals surface area (Å²) in [6, 6.07) is 0. The second-order valence-corrected chi connectivity index (χ2v) is 14.5. The van der Waals surface area contributed by atoms with E-state index in [0.717, 1.165) is 32.1 Å².